The molecule has 5 N–H and O–H groups in total. The summed E-state index contributed by atoms with van der Waals surface area (Å²) in [5.74, 6) is -1.46. The predicted octanol–water partition coefficient (Wildman–Crippen LogP) is 0.658. The molecule has 0 bridgehead atoms. The Balaban J connectivity index is 0.867. The van der Waals surface area contributed by atoms with Gasteiger partial charge in [-0.05, 0) is 55.5 Å². The van der Waals surface area contributed by atoms with Crippen molar-refractivity contribution in [3.8, 4) is 0 Å². The number of piperazine rings is 1. The van der Waals surface area contributed by atoms with Gasteiger partial charge >= 0.3 is 0 Å². The van der Waals surface area contributed by atoms with E-state index in [1.165, 1.54) is 6.07 Å². The lowest BCUT2D eigenvalue weighted by Crippen LogP contribution is -2.52. The Morgan fingerprint density at radius 2 is 1.70 bits per heavy atom. The highest BCUT2D eigenvalue weighted by atomic mass is 19.1. The zero-order chi connectivity index (χ0) is 36.9. The van der Waals surface area contributed by atoms with Crippen LogP contribution in [0.3, 0.4) is 0 Å². The Labute approximate surface area is 305 Å². The number of amides is 4. The van der Waals surface area contributed by atoms with Gasteiger partial charge in [-0.3, -0.25) is 29.4 Å². The molecule has 53 heavy (non-hydrogen) atoms. The first kappa shape index (κ1) is 35.9. The number of rotatable bonds is 10. The van der Waals surface area contributed by atoms with Crippen molar-refractivity contribution in [2.75, 3.05) is 92.1 Å². The number of nitrogens with two attached hydrogens (primary N) is 1. The number of carbonyl (C=O) groups excluding carboxylic acids is 4. The molecule has 17 nitrogen and oxygen atoms in total. The number of ether oxygens (including phenoxy) is 1. The third-order valence-corrected chi connectivity index (χ3v) is 10.1. The number of aromatic nitrogens is 4. The molecule has 6 heterocycles. The molecule has 4 aliphatic heterocycles. The molecule has 280 valence electrons. The highest BCUT2D eigenvalue weighted by Gasteiger charge is 2.29. The van der Waals surface area contributed by atoms with E-state index in [1.807, 2.05) is 11.0 Å². The van der Waals surface area contributed by atoms with Crippen LogP contribution in [0.25, 0.3) is 0 Å². The zero-order valence-corrected chi connectivity index (χ0v) is 29.3. The van der Waals surface area contributed by atoms with Gasteiger partial charge in [-0.1, -0.05) is 0 Å². The quantitative estimate of drug-likeness (QED) is 0.212. The monoisotopic (exact) mass is 730 g/mol. The number of anilines is 5. The van der Waals surface area contributed by atoms with Crippen LogP contribution in [0, 0.1) is 11.7 Å². The molecule has 3 aromatic rings. The van der Waals surface area contributed by atoms with Gasteiger partial charge < -0.3 is 35.8 Å². The fourth-order valence-corrected chi connectivity index (χ4v) is 7.13. The zero-order valence-electron chi connectivity index (χ0n) is 29.3. The normalized spacial score (nSPS) is 20.2. The Hall–Kier alpha value is -5.49. The molecule has 0 saturated carbocycles. The van der Waals surface area contributed by atoms with Gasteiger partial charge in [0.1, 0.15) is 17.6 Å². The van der Waals surface area contributed by atoms with Crippen LogP contribution in [0.15, 0.2) is 36.5 Å². The summed E-state index contributed by atoms with van der Waals surface area (Å²) in [6.07, 6.45) is 4.19. The fraction of sp³-hybridized carbons (Fsp3) is 0.486. The summed E-state index contributed by atoms with van der Waals surface area (Å²) < 4.78 is 20.9. The summed E-state index contributed by atoms with van der Waals surface area (Å²) in [6, 6.07) is 7.66. The minimum atomic E-state index is -0.790. The number of benzene rings is 1. The number of primary amides is 1. The van der Waals surface area contributed by atoms with Gasteiger partial charge in [0.15, 0.2) is 11.5 Å². The number of carbonyl (C=O) groups is 4. The number of hydrogen-bond donors (Lipinski definition) is 4. The molecule has 4 saturated heterocycles. The van der Waals surface area contributed by atoms with Gasteiger partial charge in [-0.15, -0.1) is 10.2 Å². The number of halogens is 1. The Bertz CT molecular complexity index is 1830. The molecule has 4 amide bonds. The van der Waals surface area contributed by atoms with Crippen LogP contribution >= 0.6 is 0 Å². The van der Waals surface area contributed by atoms with Gasteiger partial charge in [0.05, 0.1) is 30.8 Å². The lowest BCUT2D eigenvalue weighted by Gasteiger charge is -2.40. The molecule has 0 aliphatic carbocycles. The number of nitrogens with one attached hydrogen (secondary N) is 3. The highest BCUT2D eigenvalue weighted by molar-refractivity contribution is 6.03. The van der Waals surface area contributed by atoms with E-state index in [2.05, 4.69) is 50.8 Å². The third-order valence-electron chi connectivity index (χ3n) is 10.1. The lowest BCUT2D eigenvalue weighted by molar-refractivity contribution is -0.134. The second-order valence-electron chi connectivity index (χ2n) is 13.7. The standard InChI is InChI=1S/C35H43FN12O5/c36-25-19-23(39-32-30(31(37)50)43-44-35(42-32)48-15-17-53-18-16-48)1-5-28(25)47-13-11-45(12-14-47)21-22-7-9-46(10-8-22)24-2-3-26(38-20-24)33(51)40-27-4-6-29(49)41-34(27)52/h1-3,5,19-20,22,27H,4,6-18,21H2,(H2,37,50)(H,40,51)(H,39,42,44)(H,41,49,52). The number of hydrogen-bond acceptors (Lipinski definition) is 14. The first-order chi connectivity index (χ1) is 25.7. The van der Waals surface area contributed by atoms with E-state index in [9.17, 15) is 19.2 Å². The Morgan fingerprint density at radius 3 is 2.38 bits per heavy atom. The maximum atomic E-state index is 15.5. The largest absolute Gasteiger partial charge is 0.378 e. The highest BCUT2D eigenvalue weighted by Crippen LogP contribution is 2.28. The molecular weight excluding hydrogens is 687 g/mol. The maximum absolute atomic E-state index is 15.5. The first-order valence-electron chi connectivity index (χ1n) is 18.0. The van der Waals surface area contributed by atoms with Crippen molar-refractivity contribution in [2.45, 2.75) is 31.7 Å². The van der Waals surface area contributed by atoms with Crippen molar-refractivity contribution < 1.29 is 28.3 Å². The molecule has 18 heteroatoms. The van der Waals surface area contributed by atoms with Crippen molar-refractivity contribution >= 4 is 52.5 Å². The number of imide groups is 1. The van der Waals surface area contributed by atoms with E-state index in [-0.39, 0.29) is 41.8 Å². The van der Waals surface area contributed by atoms with Crippen LogP contribution in [0.2, 0.25) is 0 Å². The number of morpholine rings is 1. The van der Waals surface area contributed by atoms with E-state index >= 15 is 4.39 Å². The van der Waals surface area contributed by atoms with Crippen LogP contribution in [0.1, 0.15) is 46.7 Å². The minimum absolute atomic E-state index is 0.114. The van der Waals surface area contributed by atoms with Crippen molar-refractivity contribution in [1.29, 1.82) is 0 Å². The molecule has 4 aliphatic rings. The Kier molecular flexibility index (Phi) is 10.9. The van der Waals surface area contributed by atoms with Crippen molar-refractivity contribution in [2.24, 2.45) is 11.7 Å². The van der Waals surface area contributed by atoms with Crippen molar-refractivity contribution in [1.82, 2.24) is 35.7 Å². The Morgan fingerprint density at radius 1 is 0.925 bits per heavy atom. The fourth-order valence-electron chi connectivity index (χ4n) is 7.13. The topological polar surface area (TPSA) is 204 Å². The summed E-state index contributed by atoms with van der Waals surface area (Å²) in [5, 5.41) is 15.9. The molecule has 1 atom stereocenters. The van der Waals surface area contributed by atoms with E-state index in [4.69, 9.17) is 10.5 Å². The SMILES string of the molecule is NC(=O)c1nnc(N2CCOCC2)nc1Nc1ccc(N2CCN(CC3CCN(c4ccc(C(=O)NC5CCC(=O)NC5=O)nc4)CC3)CC2)c(F)c1. The van der Waals surface area contributed by atoms with Gasteiger partial charge in [0, 0.05) is 71.0 Å². The number of pyridine rings is 1. The van der Waals surface area contributed by atoms with Gasteiger partial charge in [0.25, 0.3) is 11.8 Å². The summed E-state index contributed by atoms with van der Waals surface area (Å²) in [6.45, 7) is 8.00. The summed E-state index contributed by atoms with van der Waals surface area (Å²) in [5.41, 5.74) is 7.48. The van der Waals surface area contributed by atoms with Crippen molar-refractivity contribution in [3.05, 3.63) is 53.7 Å². The van der Waals surface area contributed by atoms with Crippen LogP contribution < -0.4 is 36.4 Å². The molecule has 1 unspecified atom stereocenters. The van der Waals surface area contributed by atoms with Gasteiger partial charge in [0.2, 0.25) is 17.8 Å². The molecule has 2 aromatic heterocycles. The third kappa shape index (κ3) is 8.60. The average Bonchev–Trinajstić information content (AvgIpc) is 3.17. The van der Waals surface area contributed by atoms with Crippen LogP contribution in [0.5, 0.6) is 0 Å². The van der Waals surface area contributed by atoms with E-state index in [0.29, 0.717) is 62.6 Å². The van der Waals surface area contributed by atoms with E-state index in [1.54, 1.807) is 24.4 Å². The second kappa shape index (κ2) is 16.0. The molecule has 4 fully saturated rings. The molecular formula is C35H43FN12O5. The van der Waals surface area contributed by atoms with Crippen molar-refractivity contribution in [3.63, 3.8) is 0 Å². The van der Waals surface area contributed by atoms with E-state index in [0.717, 1.165) is 51.3 Å². The maximum Gasteiger partial charge on any atom is 0.273 e. The molecule has 7 rings (SSSR count). The lowest BCUT2D eigenvalue weighted by atomic mass is 9.95. The first-order valence-corrected chi connectivity index (χ1v) is 18.0. The number of piperidine rings is 2. The van der Waals surface area contributed by atoms with Gasteiger partial charge in [-0.25, -0.2) is 9.37 Å². The molecule has 1 aromatic carbocycles. The predicted molar refractivity (Wildman–Crippen MR) is 193 cm³/mol. The average molecular weight is 731 g/mol. The van der Waals surface area contributed by atoms with Crippen LogP contribution in [0.4, 0.5) is 33.2 Å². The summed E-state index contributed by atoms with van der Waals surface area (Å²) in [7, 11) is 0. The molecule has 0 radical (unpaired) electrons. The van der Waals surface area contributed by atoms with Crippen LogP contribution in [-0.4, -0.2) is 127 Å². The van der Waals surface area contributed by atoms with E-state index < -0.39 is 23.8 Å². The minimum Gasteiger partial charge on any atom is -0.378 e. The summed E-state index contributed by atoms with van der Waals surface area (Å²) in [4.78, 5) is 65.5. The summed E-state index contributed by atoms with van der Waals surface area (Å²) >= 11 is 0. The second-order valence-corrected chi connectivity index (χ2v) is 13.7. The smallest absolute Gasteiger partial charge is 0.273 e. The number of nitrogens with zero attached hydrogens (tertiary/aromatic N) is 8. The van der Waals surface area contributed by atoms with Crippen LogP contribution in [-0.2, 0) is 14.3 Å². The van der Waals surface area contributed by atoms with Gasteiger partial charge in [-0.2, -0.15) is 4.98 Å². The molecule has 0 spiro atoms.